The molecule has 2 fully saturated rings. The number of fused-ring (bicyclic) bond motifs is 1. The highest BCUT2D eigenvalue weighted by atomic mass is 16.5. The first-order valence-electron chi connectivity index (χ1n) is 10.4. The third kappa shape index (κ3) is 3.83. The molecule has 1 saturated carbocycles. The third-order valence-electron chi connectivity index (χ3n) is 6.61. The van der Waals surface area contributed by atoms with Gasteiger partial charge >= 0.3 is 0 Å². The van der Waals surface area contributed by atoms with Crippen molar-refractivity contribution in [3.05, 3.63) is 29.3 Å². The number of nitrogens with zero attached hydrogens (tertiary/aromatic N) is 1. The first kappa shape index (κ1) is 18.3. The minimum absolute atomic E-state index is 0.0269. The fourth-order valence-corrected chi connectivity index (χ4v) is 4.63. The van der Waals surface area contributed by atoms with Gasteiger partial charge in [-0.1, -0.05) is 12.5 Å². The largest absolute Gasteiger partial charge is 0.497 e. The molecule has 2 amide bonds. The van der Waals surface area contributed by atoms with Gasteiger partial charge in [-0.05, 0) is 68.2 Å². The maximum Gasteiger partial charge on any atom is 0.225 e. The van der Waals surface area contributed by atoms with Crippen LogP contribution in [0.3, 0.4) is 0 Å². The van der Waals surface area contributed by atoms with E-state index in [0.29, 0.717) is 5.91 Å². The Bertz CT molecular complexity index is 706. The molecule has 146 valence electrons. The molecule has 0 radical (unpaired) electrons. The number of carbonyl (C=O) groups excluding carboxylic acids is 2. The summed E-state index contributed by atoms with van der Waals surface area (Å²) in [6, 6.07) is 6.27. The van der Waals surface area contributed by atoms with Crippen molar-refractivity contribution in [3.63, 3.8) is 0 Å². The zero-order valence-electron chi connectivity index (χ0n) is 16.2. The Morgan fingerprint density at radius 1 is 1.04 bits per heavy atom. The summed E-state index contributed by atoms with van der Waals surface area (Å²) in [6.45, 7) is 1.46. The molecule has 1 aliphatic heterocycles. The van der Waals surface area contributed by atoms with E-state index in [4.69, 9.17) is 4.74 Å². The molecule has 1 aromatic carbocycles. The smallest absolute Gasteiger partial charge is 0.225 e. The second kappa shape index (κ2) is 7.91. The number of carbonyl (C=O) groups is 2. The molecule has 0 spiro atoms. The third-order valence-corrected chi connectivity index (χ3v) is 6.61. The Morgan fingerprint density at radius 2 is 1.81 bits per heavy atom. The lowest BCUT2D eigenvalue weighted by molar-refractivity contribution is -0.141. The van der Waals surface area contributed by atoms with Crippen molar-refractivity contribution in [1.82, 2.24) is 10.2 Å². The van der Waals surface area contributed by atoms with Gasteiger partial charge in [-0.3, -0.25) is 9.59 Å². The van der Waals surface area contributed by atoms with E-state index in [1.807, 2.05) is 11.0 Å². The molecule has 1 atom stereocenters. The number of hydrogen-bond acceptors (Lipinski definition) is 3. The van der Waals surface area contributed by atoms with Gasteiger partial charge in [-0.25, -0.2) is 0 Å². The number of nitrogens with one attached hydrogen (secondary N) is 1. The average molecular weight is 370 g/mol. The molecule has 3 aliphatic rings. The van der Waals surface area contributed by atoms with Crippen molar-refractivity contribution < 1.29 is 14.3 Å². The first-order chi connectivity index (χ1) is 13.2. The average Bonchev–Trinajstić information content (AvgIpc) is 2.66. The van der Waals surface area contributed by atoms with Crippen molar-refractivity contribution in [3.8, 4) is 5.75 Å². The summed E-state index contributed by atoms with van der Waals surface area (Å²) in [4.78, 5) is 27.2. The van der Waals surface area contributed by atoms with E-state index in [1.165, 1.54) is 17.5 Å². The molecule has 0 aromatic heterocycles. The topological polar surface area (TPSA) is 58.6 Å². The highest BCUT2D eigenvalue weighted by molar-refractivity contribution is 5.81. The SMILES string of the molecule is COc1ccc2c(c1)CCC[C@H]2NC(=O)C1CCN(C(=O)C2CCC2)CC1. The standard InChI is InChI=1S/C22H30N2O3/c1-27-18-8-9-19-17(14-18)6-3-7-20(19)23-21(25)15-10-12-24(13-11-15)22(26)16-4-2-5-16/h8-9,14-16,20H,2-7,10-13H2,1H3,(H,23,25)/t20-/m1/s1. The fourth-order valence-electron chi connectivity index (χ4n) is 4.63. The lowest BCUT2D eigenvalue weighted by Crippen LogP contribution is -2.46. The van der Waals surface area contributed by atoms with Gasteiger partial charge in [0.1, 0.15) is 5.75 Å². The number of piperidine rings is 1. The molecule has 2 aliphatic carbocycles. The molecule has 1 heterocycles. The molecular formula is C22H30N2O3. The van der Waals surface area contributed by atoms with E-state index in [-0.39, 0.29) is 23.8 Å². The van der Waals surface area contributed by atoms with Gasteiger partial charge in [-0.15, -0.1) is 0 Å². The Labute approximate surface area is 161 Å². The summed E-state index contributed by atoms with van der Waals surface area (Å²) in [6.07, 6.45) is 7.96. The molecular weight excluding hydrogens is 340 g/mol. The van der Waals surface area contributed by atoms with E-state index in [2.05, 4.69) is 17.4 Å². The van der Waals surface area contributed by atoms with E-state index < -0.39 is 0 Å². The monoisotopic (exact) mass is 370 g/mol. The van der Waals surface area contributed by atoms with Crippen molar-refractivity contribution in [2.75, 3.05) is 20.2 Å². The number of hydrogen-bond donors (Lipinski definition) is 1. The van der Waals surface area contributed by atoms with E-state index in [0.717, 1.165) is 63.8 Å². The molecule has 4 rings (SSSR count). The Morgan fingerprint density at radius 3 is 2.48 bits per heavy atom. The van der Waals surface area contributed by atoms with Gasteiger partial charge in [0.05, 0.1) is 13.2 Å². The zero-order chi connectivity index (χ0) is 18.8. The Hall–Kier alpha value is -2.04. The molecule has 5 heteroatoms. The molecule has 1 saturated heterocycles. The van der Waals surface area contributed by atoms with Gasteiger partial charge in [0.25, 0.3) is 0 Å². The predicted octanol–water partition coefficient (Wildman–Crippen LogP) is 3.23. The number of methoxy groups -OCH3 is 1. The second-order valence-electron chi connectivity index (χ2n) is 8.25. The lowest BCUT2D eigenvalue weighted by atomic mass is 9.83. The highest BCUT2D eigenvalue weighted by Crippen LogP contribution is 2.33. The number of ether oxygens (including phenoxy) is 1. The minimum Gasteiger partial charge on any atom is -0.497 e. The molecule has 27 heavy (non-hydrogen) atoms. The van der Waals surface area contributed by atoms with Gasteiger partial charge in [0.2, 0.25) is 11.8 Å². The second-order valence-corrected chi connectivity index (χ2v) is 8.25. The number of rotatable bonds is 4. The van der Waals surface area contributed by atoms with Gasteiger partial charge in [0, 0.05) is 24.9 Å². The van der Waals surface area contributed by atoms with Crippen LogP contribution in [-0.2, 0) is 16.0 Å². The molecule has 0 unspecified atom stereocenters. The van der Waals surface area contributed by atoms with Crippen LogP contribution in [0.5, 0.6) is 5.75 Å². The summed E-state index contributed by atoms with van der Waals surface area (Å²) < 4.78 is 5.33. The quantitative estimate of drug-likeness (QED) is 0.885. The van der Waals surface area contributed by atoms with Crippen molar-refractivity contribution in [1.29, 1.82) is 0 Å². The number of amides is 2. The van der Waals surface area contributed by atoms with E-state index >= 15 is 0 Å². The fraction of sp³-hybridized carbons (Fsp3) is 0.636. The Kier molecular flexibility index (Phi) is 5.37. The van der Waals surface area contributed by atoms with Crippen molar-refractivity contribution in [2.45, 2.75) is 57.4 Å². The van der Waals surface area contributed by atoms with Crippen molar-refractivity contribution >= 4 is 11.8 Å². The van der Waals surface area contributed by atoms with Gasteiger partial charge < -0.3 is 15.0 Å². The first-order valence-corrected chi connectivity index (χ1v) is 10.4. The van der Waals surface area contributed by atoms with Crippen LogP contribution in [0.2, 0.25) is 0 Å². The van der Waals surface area contributed by atoms with Crippen LogP contribution in [-0.4, -0.2) is 36.9 Å². The minimum atomic E-state index is 0.0269. The van der Waals surface area contributed by atoms with Crippen LogP contribution >= 0.6 is 0 Å². The maximum absolute atomic E-state index is 12.8. The summed E-state index contributed by atoms with van der Waals surface area (Å²) in [5.41, 5.74) is 2.51. The molecule has 1 aromatic rings. The molecule has 5 nitrogen and oxygen atoms in total. The predicted molar refractivity (Wildman–Crippen MR) is 103 cm³/mol. The number of aryl methyl sites for hydroxylation is 1. The molecule has 1 N–H and O–H groups in total. The molecule has 0 bridgehead atoms. The van der Waals surface area contributed by atoms with Crippen LogP contribution < -0.4 is 10.1 Å². The van der Waals surface area contributed by atoms with E-state index in [1.54, 1.807) is 7.11 Å². The normalized spacial score (nSPS) is 23.3. The van der Waals surface area contributed by atoms with Gasteiger partial charge in [0.15, 0.2) is 0 Å². The zero-order valence-corrected chi connectivity index (χ0v) is 16.2. The number of benzene rings is 1. The van der Waals surface area contributed by atoms with Crippen LogP contribution in [0.4, 0.5) is 0 Å². The van der Waals surface area contributed by atoms with Crippen molar-refractivity contribution in [2.24, 2.45) is 11.8 Å². The van der Waals surface area contributed by atoms with Gasteiger partial charge in [-0.2, -0.15) is 0 Å². The highest BCUT2D eigenvalue weighted by Gasteiger charge is 2.34. The van der Waals surface area contributed by atoms with E-state index in [9.17, 15) is 9.59 Å². The number of likely N-dealkylation sites (tertiary alicyclic amines) is 1. The summed E-state index contributed by atoms with van der Waals surface area (Å²) in [7, 11) is 1.69. The van der Waals surface area contributed by atoms with Crippen LogP contribution in [0, 0.1) is 11.8 Å². The summed E-state index contributed by atoms with van der Waals surface area (Å²) >= 11 is 0. The van der Waals surface area contributed by atoms with Crippen LogP contribution in [0.25, 0.3) is 0 Å². The Balaban J connectivity index is 1.33. The van der Waals surface area contributed by atoms with Crippen LogP contribution in [0.15, 0.2) is 18.2 Å². The maximum atomic E-state index is 12.8. The van der Waals surface area contributed by atoms with Crippen LogP contribution in [0.1, 0.15) is 62.1 Å². The lowest BCUT2D eigenvalue weighted by Gasteiger charge is -2.36. The summed E-state index contributed by atoms with van der Waals surface area (Å²) in [5.74, 6) is 1.63. The summed E-state index contributed by atoms with van der Waals surface area (Å²) in [5, 5.41) is 3.29.